The van der Waals surface area contributed by atoms with Crippen LogP contribution in [0.3, 0.4) is 0 Å². The van der Waals surface area contributed by atoms with Crippen LogP contribution in [0.2, 0.25) is 0 Å². The zero-order valence-electron chi connectivity index (χ0n) is 12.1. The fourth-order valence-electron chi connectivity index (χ4n) is 2.83. The summed E-state index contributed by atoms with van der Waals surface area (Å²) in [7, 11) is 0. The van der Waals surface area contributed by atoms with Crippen LogP contribution in [0.15, 0.2) is 30.3 Å². The molecular weight excluding hydrogens is 288 g/mol. The predicted octanol–water partition coefficient (Wildman–Crippen LogP) is 2.18. The van der Waals surface area contributed by atoms with Crippen molar-refractivity contribution < 1.29 is 9.53 Å². The normalized spacial score (nSPS) is 26.5. The van der Waals surface area contributed by atoms with Crippen molar-refractivity contribution in [2.24, 2.45) is 11.7 Å². The summed E-state index contributed by atoms with van der Waals surface area (Å²) in [6.45, 7) is 1.45. The second kappa shape index (κ2) is 6.77. The van der Waals surface area contributed by atoms with Crippen LogP contribution in [0.1, 0.15) is 37.4 Å². The van der Waals surface area contributed by atoms with Crippen LogP contribution in [0, 0.1) is 5.92 Å². The van der Waals surface area contributed by atoms with E-state index in [0.717, 1.165) is 32.3 Å². The van der Waals surface area contributed by atoms with Crippen LogP contribution in [-0.2, 0) is 9.53 Å². The second-order valence-corrected chi connectivity index (χ2v) is 5.97. The molecule has 1 saturated heterocycles. The summed E-state index contributed by atoms with van der Waals surface area (Å²) in [4.78, 5) is 11.9. The Morgan fingerprint density at radius 3 is 2.71 bits per heavy atom. The number of hydrogen-bond donors (Lipinski definition) is 2. The van der Waals surface area contributed by atoms with Gasteiger partial charge in [-0.2, -0.15) is 0 Å². The van der Waals surface area contributed by atoms with Crippen LogP contribution < -0.4 is 11.1 Å². The van der Waals surface area contributed by atoms with E-state index >= 15 is 0 Å². The smallest absolute Gasteiger partial charge is 0.240 e. The maximum absolute atomic E-state index is 11.9. The number of carbonyl (C=O) groups excluding carboxylic acids is 1. The van der Waals surface area contributed by atoms with Crippen LogP contribution >= 0.6 is 12.4 Å². The molecule has 3 N–H and O–H groups in total. The number of amides is 1. The predicted molar refractivity (Wildman–Crippen MR) is 84.3 cm³/mol. The van der Waals surface area contributed by atoms with E-state index in [-0.39, 0.29) is 24.4 Å². The number of benzene rings is 1. The lowest BCUT2D eigenvalue weighted by molar-refractivity contribution is -0.124. The minimum absolute atomic E-state index is 0. The molecule has 1 aromatic rings. The number of nitrogens with two attached hydrogens (primary N) is 1. The largest absolute Gasteiger partial charge is 0.373 e. The molecule has 1 heterocycles. The molecule has 1 saturated carbocycles. The van der Waals surface area contributed by atoms with E-state index in [1.165, 1.54) is 5.56 Å². The summed E-state index contributed by atoms with van der Waals surface area (Å²) in [6.07, 6.45) is 3.83. The number of halogens is 1. The van der Waals surface area contributed by atoms with Crippen molar-refractivity contribution >= 4 is 18.3 Å². The van der Waals surface area contributed by atoms with E-state index in [4.69, 9.17) is 10.5 Å². The lowest BCUT2D eigenvalue weighted by Crippen LogP contribution is -2.45. The van der Waals surface area contributed by atoms with Gasteiger partial charge in [0.2, 0.25) is 5.91 Å². The van der Waals surface area contributed by atoms with Crippen molar-refractivity contribution in [3.63, 3.8) is 0 Å². The fourth-order valence-corrected chi connectivity index (χ4v) is 2.83. The van der Waals surface area contributed by atoms with Gasteiger partial charge in [0.1, 0.15) is 0 Å². The Kier molecular flexibility index (Phi) is 5.25. The summed E-state index contributed by atoms with van der Waals surface area (Å²) >= 11 is 0. The topological polar surface area (TPSA) is 64.4 Å². The molecule has 1 amide bonds. The van der Waals surface area contributed by atoms with Gasteiger partial charge in [0, 0.05) is 19.1 Å². The second-order valence-electron chi connectivity index (χ2n) is 5.97. The Balaban J connectivity index is 0.00000161. The highest BCUT2D eigenvalue weighted by atomic mass is 35.5. The quantitative estimate of drug-likeness (QED) is 0.896. The van der Waals surface area contributed by atoms with Crippen LogP contribution in [0.5, 0.6) is 0 Å². The van der Waals surface area contributed by atoms with Gasteiger partial charge >= 0.3 is 0 Å². The molecule has 2 atom stereocenters. The van der Waals surface area contributed by atoms with Crippen molar-refractivity contribution in [1.29, 1.82) is 0 Å². The van der Waals surface area contributed by atoms with Gasteiger partial charge in [-0.25, -0.2) is 0 Å². The zero-order valence-corrected chi connectivity index (χ0v) is 12.9. The first-order chi connectivity index (χ1) is 9.69. The van der Waals surface area contributed by atoms with Gasteiger partial charge in [0.15, 0.2) is 0 Å². The zero-order chi connectivity index (χ0) is 14.0. The van der Waals surface area contributed by atoms with Crippen molar-refractivity contribution in [3.8, 4) is 0 Å². The van der Waals surface area contributed by atoms with Crippen LogP contribution in [0.4, 0.5) is 0 Å². The van der Waals surface area contributed by atoms with E-state index in [1.54, 1.807) is 0 Å². The van der Waals surface area contributed by atoms with Gasteiger partial charge in [-0.05, 0) is 31.2 Å². The van der Waals surface area contributed by atoms with Crippen LogP contribution in [-0.4, -0.2) is 24.6 Å². The number of carbonyl (C=O) groups is 1. The maximum atomic E-state index is 11.9. The molecular formula is C16H23ClN2O2. The SMILES string of the molecule is Cl.NC1(C(=O)NCC2CCCOC2c2ccccc2)CC1. The third-order valence-corrected chi connectivity index (χ3v) is 4.34. The molecule has 0 bridgehead atoms. The number of nitrogens with one attached hydrogen (secondary N) is 1. The summed E-state index contributed by atoms with van der Waals surface area (Å²) < 4.78 is 5.93. The minimum Gasteiger partial charge on any atom is -0.373 e. The van der Waals surface area contributed by atoms with Gasteiger partial charge < -0.3 is 15.8 Å². The van der Waals surface area contributed by atoms with Crippen molar-refractivity contribution in [2.45, 2.75) is 37.3 Å². The summed E-state index contributed by atoms with van der Waals surface area (Å²) in [5.74, 6) is 0.326. The first-order valence-electron chi connectivity index (χ1n) is 7.43. The molecule has 0 aromatic heterocycles. The lowest BCUT2D eigenvalue weighted by atomic mass is 9.89. The molecule has 1 aliphatic heterocycles. The third kappa shape index (κ3) is 3.76. The van der Waals surface area contributed by atoms with Crippen molar-refractivity contribution in [1.82, 2.24) is 5.32 Å². The average Bonchev–Trinajstić information content (AvgIpc) is 3.25. The molecule has 4 nitrogen and oxygen atoms in total. The van der Waals surface area contributed by atoms with Gasteiger partial charge in [-0.15, -0.1) is 12.4 Å². The monoisotopic (exact) mass is 310 g/mol. The van der Waals surface area contributed by atoms with E-state index in [0.29, 0.717) is 12.5 Å². The Bertz CT molecular complexity index is 476. The summed E-state index contributed by atoms with van der Waals surface area (Å²) in [6, 6.07) is 10.3. The molecule has 21 heavy (non-hydrogen) atoms. The third-order valence-electron chi connectivity index (χ3n) is 4.34. The molecule has 2 fully saturated rings. The molecule has 3 rings (SSSR count). The van der Waals surface area contributed by atoms with Gasteiger partial charge in [-0.3, -0.25) is 4.79 Å². The first-order valence-corrected chi connectivity index (χ1v) is 7.43. The minimum atomic E-state index is -0.586. The highest BCUT2D eigenvalue weighted by molar-refractivity contribution is 5.88. The maximum Gasteiger partial charge on any atom is 0.240 e. The Labute approximate surface area is 131 Å². The van der Waals surface area contributed by atoms with Gasteiger partial charge in [0.05, 0.1) is 11.6 Å². The molecule has 2 unspecified atom stereocenters. The highest BCUT2D eigenvalue weighted by Gasteiger charge is 2.46. The molecule has 2 aliphatic rings. The molecule has 116 valence electrons. The average molecular weight is 311 g/mol. The Hall–Kier alpha value is -1.10. The van der Waals surface area contributed by atoms with E-state index < -0.39 is 5.54 Å². The van der Waals surface area contributed by atoms with Crippen molar-refractivity contribution in [3.05, 3.63) is 35.9 Å². The molecule has 1 aliphatic carbocycles. The Morgan fingerprint density at radius 2 is 2.05 bits per heavy atom. The van der Waals surface area contributed by atoms with E-state index in [2.05, 4.69) is 17.4 Å². The lowest BCUT2D eigenvalue weighted by Gasteiger charge is -2.32. The standard InChI is InChI=1S/C16H22N2O2.ClH/c17-16(8-9-16)15(19)18-11-13-7-4-10-20-14(13)12-5-2-1-3-6-12;/h1-3,5-6,13-14H,4,7-11,17H2,(H,18,19);1H. The first kappa shape index (κ1) is 16.3. The molecule has 5 heteroatoms. The van der Waals surface area contributed by atoms with E-state index in [1.807, 2.05) is 18.2 Å². The molecule has 1 aromatic carbocycles. The fraction of sp³-hybridized carbons (Fsp3) is 0.562. The van der Waals surface area contributed by atoms with Gasteiger partial charge in [0.25, 0.3) is 0 Å². The van der Waals surface area contributed by atoms with Crippen LogP contribution in [0.25, 0.3) is 0 Å². The number of hydrogen-bond acceptors (Lipinski definition) is 3. The molecule has 0 radical (unpaired) electrons. The Morgan fingerprint density at radius 1 is 1.33 bits per heavy atom. The van der Waals surface area contributed by atoms with E-state index in [9.17, 15) is 4.79 Å². The molecule has 0 spiro atoms. The van der Waals surface area contributed by atoms with Crippen molar-refractivity contribution in [2.75, 3.05) is 13.2 Å². The number of ether oxygens (including phenoxy) is 1. The highest BCUT2D eigenvalue weighted by Crippen LogP contribution is 2.34. The summed E-state index contributed by atoms with van der Waals surface area (Å²) in [5, 5.41) is 3.01. The summed E-state index contributed by atoms with van der Waals surface area (Å²) in [5.41, 5.74) is 6.52. The number of rotatable bonds is 4. The van der Waals surface area contributed by atoms with Gasteiger partial charge in [-0.1, -0.05) is 30.3 Å².